The van der Waals surface area contributed by atoms with E-state index in [4.69, 9.17) is 4.52 Å². The number of aryl methyl sites for hydroxylation is 1. The number of rotatable bonds is 6. The maximum Gasteiger partial charge on any atom is 0.242 e. The van der Waals surface area contributed by atoms with E-state index in [-0.39, 0.29) is 23.2 Å². The Labute approximate surface area is 171 Å². The number of hydrogen-bond donors (Lipinski definition) is 0. The molecule has 9 heteroatoms. The van der Waals surface area contributed by atoms with Gasteiger partial charge in [-0.3, -0.25) is 0 Å². The van der Waals surface area contributed by atoms with E-state index < -0.39 is 9.84 Å². The third kappa shape index (κ3) is 4.75. The van der Waals surface area contributed by atoms with Crippen LogP contribution in [0.4, 0.5) is 4.39 Å². The minimum absolute atomic E-state index is 0.0375. The van der Waals surface area contributed by atoms with Gasteiger partial charge >= 0.3 is 0 Å². The molecule has 0 atom stereocenters. The number of halogens is 1. The smallest absolute Gasteiger partial charge is 0.242 e. The monoisotopic (exact) mass is 429 g/mol. The first-order valence-corrected chi connectivity index (χ1v) is 11.4. The highest BCUT2D eigenvalue weighted by Gasteiger charge is 2.20. The number of sulfone groups is 1. The average Bonchev–Trinajstić information content (AvgIpc) is 3.31. The molecule has 0 unspecified atom stereocenters. The SMILES string of the molecule is Cc1cccc(-c2noc(CS(=O)(=O)Cc3csc(-c4ccc(F)cc4)n3)n2)c1. The van der Waals surface area contributed by atoms with Gasteiger partial charge in [0.25, 0.3) is 0 Å². The molecular weight excluding hydrogens is 413 g/mol. The van der Waals surface area contributed by atoms with Crippen molar-refractivity contribution in [1.82, 2.24) is 15.1 Å². The van der Waals surface area contributed by atoms with E-state index in [1.807, 2.05) is 31.2 Å². The van der Waals surface area contributed by atoms with E-state index in [0.29, 0.717) is 16.5 Å². The van der Waals surface area contributed by atoms with Crippen LogP contribution >= 0.6 is 11.3 Å². The Morgan fingerprint density at radius 3 is 2.59 bits per heavy atom. The summed E-state index contributed by atoms with van der Waals surface area (Å²) < 4.78 is 43.3. The van der Waals surface area contributed by atoms with E-state index in [1.165, 1.54) is 23.5 Å². The van der Waals surface area contributed by atoms with Crippen molar-refractivity contribution >= 4 is 21.2 Å². The Bertz CT molecular complexity index is 1250. The van der Waals surface area contributed by atoms with Gasteiger partial charge in [-0.2, -0.15) is 4.98 Å². The van der Waals surface area contributed by atoms with Gasteiger partial charge in [-0.1, -0.05) is 28.9 Å². The molecule has 0 saturated carbocycles. The lowest BCUT2D eigenvalue weighted by atomic mass is 10.1. The molecule has 0 aliphatic rings. The third-order valence-corrected chi connectivity index (χ3v) is 6.46. The highest BCUT2D eigenvalue weighted by Crippen LogP contribution is 2.25. The highest BCUT2D eigenvalue weighted by molar-refractivity contribution is 7.89. The van der Waals surface area contributed by atoms with Gasteiger partial charge in [-0.15, -0.1) is 11.3 Å². The summed E-state index contributed by atoms with van der Waals surface area (Å²) in [7, 11) is -3.55. The van der Waals surface area contributed by atoms with Crippen LogP contribution in [0, 0.1) is 12.7 Å². The van der Waals surface area contributed by atoms with Crippen LogP contribution in [0.3, 0.4) is 0 Å². The molecule has 148 valence electrons. The summed E-state index contributed by atoms with van der Waals surface area (Å²) >= 11 is 1.31. The van der Waals surface area contributed by atoms with Gasteiger partial charge in [-0.25, -0.2) is 17.8 Å². The topological polar surface area (TPSA) is 86.0 Å². The summed E-state index contributed by atoms with van der Waals surface area (Å²) in [5, 5.41) is 6.19. The van der Waals surface area contributed by atoms with E-state index in [1.54, 1.807) is 17.5 Å². The van der Waals surface area contributed by atoms with E-state index in [9.17, 15) is 12.8 Å². The Hall–Kier alpha value is -2.91. The number of benzene rings is 2. The molecule has 0 N–H and O–H groups in total. The van der Waals surface area contributed by atoms with Gasteiger partial charge in [0, 0.05) is 16.5 Å². The lowest BCUT2D eigenvalue weighted by Gasteiger charge is -1.99. The minimum Gasteiger partial charge on any atom is -0.338 e. The average molecular weight is 429 g/mol. The first-order chi connectivity index (χ1) is 13.9. The van der Waals surface area contributed by atoms with Gasteiger partial charge in [0.1, 0.15) is 16.6 Å². The van der Waals surface area contributed by atoms with E-state index in [2.05, 4.69) is 15.1 Å². The first kappa shape index (κ1) is 19.4. The Morgan fingerprint density at radius 1 is 1.03 bits per heavy atom. The van der Waals surface area contributed by atoms with Crippen LogP contribution in [0.25, 0.3) is 22.0 Å². The predicted octanol–water partition coefficient (Wildman–Crippen LogP) is 4.42. The molecule has 0 spiro atoms. The number of nitrogens with zero attached hydrogens (tertiary/aromatic N) is 3. The molecule has 2 heterocycles. The van der Waals surface area contributed by atoms with E-state index >= 15 is 0 Å². The van der Waals surface area contributed by atoms with Crippen molar-refractivity contribution in [2.45, 2.75) is 18.4 Å². The molecule has 6 nitrogen and oxygen atoms in total. The zero-order valence-corrected chi connectivity index (χ0v) is 17.0. The van der Waals surface area contributed by atoms with E-state index in [0.717, 1.165) is 16.7 Å². The summed E-state index contributed by atoms with van der Waals surface area (Å²) in [6.07, 6.45) is 0. The predicted molar refractivity (Wildman–Crippen MR) is 108 cm³/mol. The van der Waals surface area contributed by atoms with Crippen LogP contribution < -0.4 is 0 Å². The molecular formula is C20H16FN3O3S2. The quantitative estimate of drug-likeness (QED) is 0.451. The number of aromatic nitrogens is 3. The maximum absolute atomic E-state index is 13.1. The fourth-order valence-electron chi connectivity index (χ4n) is 2.78. The normalized spacial score (nSPS) is 11.7. The molecule has 0 saturated heterocycles. The molecule has 0 aliphatic heterocycles. The van der Waals surface area contributed by atoms with Crippen molar-refractivity contribution in [3.8, 4) is 22.0 Å². The standard InChI is InChI=1S/C20H16FN3O3S2/c1-13-3-2-4-15(9-13)19-23-18(27-24-19)12-29(25,26)11-17-10-28-20(22-17)14-5-7-16(21)8-6-14/h2-10H,11-12H2,1H3. The van der Waals surface area contributed by atoms with Gasteiger partial charge in [0.05, 0.1) is 11.4 Å². The van der Waals surface area contributed by atoms with Crippen molar-refractivity contribution < 1.29 is 17.3 Å². The lowest BCUT2D eigenvalue weighted by Crippen LogP contribution is -2.08. The maximum atomic E-state index is 13.1. The summed E-state index contributed by atoms with van der Waals surface area (Å²) in [5.41, 5.74) is 2.97. The first-order valence-electron chi connectivity index (χ1n) is 8.68. The van der Waals surface area contributed by atoms with Gasteiger partial charge in [0.2, 0.25) is 11.7 Å². The number of hydrogen-bond acceptors (Lipinski definition) is 7. The second-order valence-corrected chi connectivity index (χ2v) is 9.49. The second kappa shape index (κ2) is 7.84. The number of thiazole rings is 1. The molecule has 0 bridgehead atoms. The van der Waals surface area contributed by atoms with Crippen molar-refractivity contribution in [2.75, 3.05) is 0 Å². The van der Waals surface area contributed by atoms with Crippen LogP contribution in [0.5, 0.6) is 0 Å². The second-order valence-electron chi connectivity index (χ2n) is 6.56. The van der Waals surface area contributed by atoms with Crippen molar-refractivity contribution in [1.29, 1.82) is 0 Å². The summed E-state index contributed by atoms with van der Waals surface area (Å²) in [6.45, 7) is 1.95. The Kier molecular flexibility index (Phi) is 5.25. The van der Waals surface area contributed by atoms with Gasteiger partial charge in [-0.05, 0) is 37.3 Å². The third-order valence-electron chi connectivity index (χ3n) is 4.10. The molecule has 0 fully saturated rings. The Balaban J connectivity index is 1.47. The zero-order chi connectivity index (χ0) is 20.4. The zero-order valence-electron chi connectivity index (χ0n) is 15.4. The highest BCUT2D eigenvalue weighted by atomic mass is 32.2. The van der Waals surface area contributed by atoms with Gasteiger partial charge in [0.15, 0.2) is 9.84 Å². The van der Waals surface area contributed by atoms with Crippen LogP contribution in [0.15, 0.2) is 58.4 Å². The molecule has 0 amide bonds. The molecule has 29 heavy (non-hydrogen) atoms. The molecule has 2 aromatic carbocycles. The fraction of sp³-hybridized carbons (Fsp3) is 0.150. The van der Waals surface area contributed by atoms with Crippen molar-refractivity contribution in [2.24, 2.45) is 0 Å². The van der Waals surface area contributed by atoms with Gasteiger partial charge < -0.3 is 4.52 Å². The summed E-state index contributed by atoms with van der Waals surface area (Å²) in [6, 6.07) is 13.5. The fourth-order valence-corrected chi connectivity index (χ4v) is 4.90. The molecule has 0 aliphatic carbocycles. The van der Waals surface area contributed by atoms with Crippen LogP contribution in [-0.4, -0.2) is 23.5 Å². The lowest BCUT2D eigenvalue weighted by molar-refractivity contribution is 0.389. The van der Waals surface area contributed by atoms with Crippen molar-refractivity contribution in [3.05, 3.63) is 76.9 Å². The molecule has 4 rings (SSSR count). The van der Waals surface area contributed by atoms with Crippen LogP contribution in [0.2, 0.25) is 0 Å². The molecule has 0 radical (unpaired) electrons. The van der Waals surface area contributed by atoms with Crippen molar-refractivity contribution in [3.63, 3.8) is 0 Å². The molecule has 4 aromatic rings. The molecule has 2 aromatic heterocycles. The minimum atomic E-state index is -3.55. The Morgan fingerprint density at radius 2 is 1.83 bits per heavy atom. The van der Waals surface area contributed by atoms with Crippen LogP contribution in [0.1, 0.15) is 17.1 Å². The summed E-state index contributed by atoms with van der Waals surface area (Å²) in [5.74, 6) is -0.554. The van der Waals surface area contributed by atoms with Crippen LogP contribution in [-0.2, 0) is 21.3 Å². The largest absolute Gasteiger partial charge is 0.338 e. The summed E-state index contributed by atoms with van der Waals surface area (Å²) in [4.78, 5) is 8.55.